The molecule has 0 spiro atoms. The number of amides is 2. The van der Waals surface area contributed by atoms with E-state index in [0.717, 1.165) is 30.2 Å². The van der Waals surface area contributed by atoms with Gasteiger partial charge in [0, 0.05) is 31.1 Å². The van der Waals surface area contributed by atoms with Crippen molar-refractivity contribution in [1.29, 1.82) is 0 Å². The zero-order valence-corrected chi connectivity index (χ0v) is 25.1. The van der Waals surface area contributed by atoms with Crippen LogP contribution in [0.5, 0.6) is 0 Å². The summed E-state index contributed by atoms with van der Waals surface area (Å²) in [6.07, 6.45) is -0.530. The quantitative estimate of drug-likeness (QED) is 0.177. The summed E-state index contributed by atoms with van der Waals surface area (Å²) in [5.41, 5.74) is 3.56. The van der Waals surface area contributed by atoms with Crippen LogP contribution in [0.15, 0.2) is 89.8 Å². The SMILES string of the molecule is CCCn1nc(C(=O)NC(Cc2ccccc2)C(O)C(=O)O)cc1Cc1ccc(-c2ccccc2S(=O)(=O)NC(C)=O)cc1. The lowest BCUT2D eigenvalue weighted by atomic mass is 10.0. The van der Waals surface area contributed by atoms with Gasteiger partial charge in [-0.25, -0.2) is 17.9 Å². The first-order valence-corrected chi connectivity index (χ1v) is 15.5. The summed E-state index contributed by atoms with van der Waals surface area (Å²) < 4.78 is 29.1. The van der Waals surface area contributed by atoms with Crippen LogP contribution in [0.3, 0.4) is 0 Å². The Morgan fingerprint density at radius 1 is 0.932 bits per heavy atom. The van der Waals surface area contributed by atoms with Crippen LogP contribution in [-0.2, 0) is 39.0 Å². The maximum Gasteiger partial charge on any atom is 0.334 e. The van der Waals surface area contributed by atoms with Gasteiger partial charge in [0.1, 0.15) is 5.69 Å². The highest BCUT2D eigenvalue weighted by molar-refractivity contribution is 7.90. The predicted molar refractivity (Wildman–Crippen MR) is 163 cm³/mol. The molecule has 0 saturated heterocycles. The zero-order chi connectivity index (χ0) is 31.9. The van der Waals surface area contributed by atoms with E-state index in [1.807, 2.05) is 29.8 Å². The van der Waals surface area contributed by atoms with Gasteiger partial charge in [-0.1, -0.05) is 79.7 Å². The number of aromatic nitrogens is 2. The highest BCUT2D eigenvalue weighted by Crippen LogP contribution is 2.28. The highest BCUT2D eigenvalue weighted by atomic mass is 32.2. The number of carbonyl (C=O) groups is 3. The van der Waals surface area contributed by atoms with E-state index in [1.165, 1.54) is 6.07 Å². The molecular weight excluding hydrogens is 584 g/mol. The third-order valence-electron chi connectivity index (χ3n) is 6.89. The van der Waals surface area contributed by atoms with E-state index in [0.29, 0.717) is 24.1 Å². The summed E-state index contributed by atoms with van der Waals surface area (Å²) in [6.45, 7) is 3.65. The Morgan fingerprint density at radius 2 is 1.59 bits per heavy atom. The van der Waals surface area contributed by atoms with Crippen molar-refractivity contribution in [2.75, 3.05) is 0 Å². The molecule has 0 aliphatic rings. The van der Waals surface area contributed by atoms with Gasteiger partial charge in [0.15, 0.2) is 6.10 Å². The van der Waals surface area contributed by atoms with Gasteiger partial charge < -0.3 is 15.5 Å². The number of aliphatic hydroxyl groups is 1. The Bertz CT molecular complexity index is 1740. The summed E-state index contributed by atoms with van der Waals surface area (Å²) in [5.74, 6) is -2.73. The van der Waals surface area contributed by atoms with Crippen LogP contribution in [0.2, 0.25) is 0 Å². The predicted octanol–water partition coefficient (Wildman–Crippen LogP) is 3.16. The number of rotatable bonds is 13. The van der Waals surface area contributed by atoms with Gasteiger partial charge in [-0.3, -0.25) is 14.3 Å². The minimum absolute atomic E-state index is 0.0155. The largest absolute Gasteiger partial charge is 0.479 e. The zero-order valence-electron chi connectivity index (χ0n) is 24.3. The van der Waals surface area contributed by atoms with Crippen molar-refractivity contribution in [2.24, 2.45) is 0 Å². The molecule has 0 aliphatic carbocycles. The first-order valence-electron chi connectivity index (χ1n) is 14.0. The smallest absolute Gasteiger partial charge is 0.334 e. The van der Waals surface area contributed by atoms with E-state index in [4.69, 9.17) is 0 Å². The molecule has 230 valence electrons. The van der Waals surface area contributed by atoms with Gasteiger partial charge in [-0.15, -0.1) is 0 Å². The number of hydrogen-bond donors (Lipinski definition) is 4. The van der Waals surface area contributed by atoms with Crippen LogP contribution in [0.25, 0.3) is 11.1 Å². The number of aryl methyl sites for hydroxylation is 1. The topological polar surface area (TPSA) is 168 Å². The summed E-state index contributed by atoms with van der Waals surface area (Å²) in [5, 5.41) is 26.8. The van der Waals surface area contributed by atoms with Gasteiger partial charge in [-0.05, 0) is 41.7 Å². The number of benzene rings is 3. The standard InChI is InChI=1S/C32H34N4O7S/c1-3-17-36-25(20-28(34-36)31(39)33-27(30(38)32(40)41)19-22-9-5-4-6-10-22)18-23-13-15-24(16-14-23)26-11-7-8-12-29(26)44(42,43)35-21(2)37/h4-16,20,27,30,38H,3,17-19H2,1-2H3,(H,33,39)(H,35,37)(H,40,41). The molecule has 2 atom stereocenters. The van der Waals surface area contributed by atoms with Crippen LogP contribution < -0.4 is 10.0 Å². The fraction of sp³-hybridized carbons (Fsp3) is 0.250. The molecule has 12 heteroatoms. The van der Waals surface area contributed by atoms with Crippen molar-refractivity contribution in [3.05, 3.63) is 107 Å². The third-order valence-corrected chi connectivity index (χ3v) is 8.38. The molecule has 11 nitrogen and oxygen atoms in total. The molecule has 4 N–H and O–H groups in total. The van der Waals surface area contributed by atoms with Crippen molar-refractivity contribution in [1.82, 2.24) is 19.8 Å². The van der Waals surface area contributed by atoms with Gasteiger partial charge in [0.2, 0.25) is 5.91 Å². The monoisotopic (exact) mass is 618 g/mol. The van der Waals surface area contributed by atoms with E-state index in [9.17, 15) is 33.0 Å². The number of carboxylic acid groups (broad SMARTS) is 1. The van der Waals surface area contributed by atoms with Gasteiger partial charge in [0.25, 0.3) is 15.9 Å². The summed E-state index contributed by atoms with van der Waals surface area (Å²) >= 11 is 0. The Morgan fingerprint density at radius 3 is 2.23 bits per heavy atom. The van der Waals surface area contributed by atoms with Gasteiger partial charge in [0.05, 0.1) is 10.9 Å². The van der Waals surface area contributed by atoms with Crippen molar-refractivity contribution < 1.29 is 33.0 Å². The Labute approximate surface area is 255 Å². The number of hydrogen-bond acceptors (Lipinski definition) is 7. The molecule has 0 radical (unpaired) electrons. The number of aliphatic hydroxyl groups excluding tert-OH is 1. The maximum atomic E-state index is 13.2. The second kappa shape index (κ2) is 14.1. The van der Waals surface area contributed by atoms with Crippen LogP contribution in [0.4, 0.5) is 0 Å². The lowest BCUT2D eigenvalue weighted by molar-refractivity contribution is -0.148. The fourth-order valence-electron chi connectivity index (χ4n) is 4.83. The normalized spacial score (nSPS) is 12.7. The van der Waals surface area contributed by atoms with Gasteiger partial charge >= 0.3 is 5.97 Å². The average molecular weight is 619 g/mol. The molecule has 1 aromatic heterocycles. The van der Waals surface area contributed by atoms with Crippen LogP contribution in [0.1, 0.15) is 47.6 Å². The molecule has 4 aromatic rings. The Balaban J connectivity index is 1.55. The molecule has 0 bridgehead atoms. The molecule has 0 fully saturated rings. The maximum absolute atomic E-state index is 13.2. The first-order chi connectivity index (χ1) is 21.0. The van der Waals surface area contributed by atoms with Crippen molar-refractivity contribution in [3.63, 3.8) is 0 Å². The number of carboxylic acids is 1. The first kappa shape index (κ1) is 32.1. The second-order valence-corrected chi connectivity index (χ2v) is 12.0. The molecule has 0 aliphatic heterocycles. The lowest BCUT2D eigenvalue weighted by Crippen LogP contribution is -2.48. The summed E-state index contributed by atoms with van der Waals surface area (Å²) in [7, 11) is -4.05. The van der Waals surface area contributed by atoms with Crippen LogP contribution in [0, 0.1) is 0 Å². The third kappa shape index (κ3) is 7.97. The minimum Gasteiger partial charge on any atom is -0.479 e. The number of carbonyl (C=O) groups excluding carboxylic acids is 2. The van der Waals surface area contributed by atoms with Crippen molar-refractivity contribution in [3.8, 4) is 11.1 Å². The van der Waals surface area contributed by atoms with Crippen LogP contribution in [-0.4, -0.2) is 58.3 Å². The van der Waals surface area contributed by atoms with Crippen molar-refractivity contribution >= 4 is 27.8 Å². The number of aliphatic carboxylic acids is 1. The van der Waals surface area contributed by atoms with E-state index in [1.54, 1.807) is 65.3 Å². The van der Waals surface area contributed by atoms with E-state index in [2.05, 4.69) is 10.4 Å². The molecule has 2 unspecified atom stereocenters. The van der Waals surface area contributed by atoms with Crippen molar-refractivity contribution in [2.45, 2.75) is 56.7 Å². The summed E-state index contributed by atoms with van der Waals surface area (Å²) in [4.78, 5) is 36.2. The van der Waals surface area contributed by atoms with E-state index >= 15 is 0 Å². The molecular formula is C32H34N4O7S. The number of nitrogens with zero attached hydrogens (tertiary/aromatic N) is 2. The molecule has 1 heterocycles. The number of sulfonamides is 1. The molecule has 2 amide bonds. The molecule has 4 rings (SSSR count). The van der Waals surface area contributed by atoms with E-state index in [-0.39, 0.29) is 17.0 Å². The van der Waals surface area contributed by atoms with E-state index < -0.39 is 40.0 Å². The van der Waals surface area contributed by atoms with Gasteiger partial charge in [-0.2, -0.15) is 5.10 Å². The molecule has 44 heavy (non-hydrogen) atoms. The second-order valence-electron chi connectivity index (χ2n) is 10.3. The average Bonchev–Trinajstić information content (AvgIpc) is 3.39. The lowest BCUT2D eigenvalue weighted by Gasteiger charge is -2.21. The molecule has 3 aromatic carbocycles. The highest BCUT2D eigenvalue weighted by Gasteiger charge is 2.29. The molecule has 0 saturated carbocycles. The minimum atomic E-state index is -4.05. The Kier molecular flexibility index (Phi) is 10.3. The Hall–Kier alpha value is -4.81. The summed E-state index contributed by atoms with van der Waals surface area (Å²) in [6, 6.07) is 23.2. The number of nitrogens with one attached hydrogen (secondary N) is 2. The van der Waals surface area contributed by atoms with Crippen LogP contribution >= 0.6 is 0 Å². The fourth-order valence-corrected chi connectivity index (χ4v) is 6.05.